The Morgan fingerprint density at radius 3 is 3.12 bits per heavy atom. The molecule has 0 bridgehead atoms. The number of hydrogen-bond donors (Lipinski definition) is 2. The second kappa shape index (κ2) is 5.86. The number of carbonyl (C=O) groups excluding carboxylic acids is 1. The van der Waals surface area contributed by atoms with Crippen LogP contribution in [0.5, 0.6) is 0 Å². The molecule has 0 saturated carbocycles. The number of para-hydroxylation sites is 1. The number of hydrogen-bond acceptors (Lipinski definition) is 7. The van der Waals surface area contributed by atoms with Gasteiger partial charge in [0.15, 0.2) is 11.5 Å². The van der Waals surface area contributed by atoms with Crippen LogP contribution in [0.25, 0.3) is 5.69 Å². The lowest BCUT2D eigenvalue weighted by molar-refractivity contribution is 0.0958. The molecule has 0 unspecified atom stereocenters. The molecule has 1 amide bonds. The van der Waals surface area contributed by atoms with Crippen LogP contribution in [0.3, 0.4) is 0 Å². The Morgan fingerprint density at radius 1 is 1.32 bits per heavy atom. The summed E-state index contributed by atoms with van der Waals surface area (Å²) in [5, 5.41) is 16.9. The van der Waals surface area contributed by atoms with Crippen LogP contribution in [0.1, 0.15) is 20.4 Å². The van der Waals surface area contributed by atoms with Crippen molar-refractivity contribution in [3.05, 3.63) is 48.3 Å². The summed E-state index contributed by atoms with van der Waals surface area (Å²) in [7, 11) is 1.93. The Labute approximate surface area is 147 Å². The van der Waals surface area contributed by atoms with Crippen molar-refractivity contribution in [1.82, 2.24) is 30.3 Å². The highest BCUT2D eigenvalue weighted by Crippen LogP contribution is 2.37. The zero-order valence-corrected chi connectivity index (χ0v) is 13.3. The number of nitrogens with one attached hydrogen (secondary N) is 2. The minimum Gasteiger partial charge on any atom is -0.364 e. The van der Waals surface area contributed by atoms with Gasteiger partial charge in [0.05, 0.1) is 35.5 Å². The maximum absolute atomic E-state index is 12.3. The number of carbonyl (C=O) groups is 1. The molecular weight excluding hydrogens is 320 g/mol. The Kier molecular flexibility index (Phi) is 2.80. The lowest BCUT2D eigenvalue weighted by Crippen LogP contribution is -2.27. The smallest absolute Gasteiger partial charge is 0.273 e. The van der Waals surface area contributed by atoms with Crippen molar-refractivity contribution in [3.63, 3.8) is 0 Å². The largest absolute Gasteiger partial charge is 0.364 e. The Bertz CT molecular complexity index is 1050. The van der Waals surface area contributed by atoms with E-state index in [-0.39, 0.29) is 5.69 Å². The molecule has 9 heteroatoms. The van der Waals surface area contributed by atoms with E-state index in [1.54, 1.807) is 10.7 Å². The molecule has 4 rings (SSSR count). The van der Waals surface area contributed by atoms with E-state index in [4.69, 9.17) is 4.11 Å². The minimum absolute atomic E-state index is 0.115. The van der Waals surface area contributed by atoms with Gasteiger partial charge in [-0.15, -0.1) is 5.10 Å². The van der Waals surface area contributed by atoms with Gasteiger partial charge in [0.2, 0.25) is 0 Å². The Balaban J connectivity index is 1.73. The van der Waals surface area contributed by atoms with E-state index in [0.29, 0.717) is 17.9 Å². The van der Waals surface area contributed by atoms with Crippen LogP contribution in [0.15, 0.2) is 36.8 Å². The first-order chi connectivity index (χ1) is 13.3. The number of rotatable bonds is 3. The van der Waals surface area contributed by atoms with E-state index < -0.39 is 12.9 Å². The summed E-state index contributed by atoms with van der Waals surface area (Å²) in [6, 6.07) is 7.18. The molecular formula is C16H16N8O. The second-order valence-electron chi connectivity index (χ2n) is 5.49. The maximum atomic E-state index is 12.3. The van der Waals surface area contributed by atoms with Crippen LogP contribution < -0.4 is 15.5 Å². The van der Waals surface area contributed by atoms with E-state index in [0.717, 1.165) is 17.2 Å². The topological polar surface area (TPSA) is 101 Å². The zero-order valence-electron chi connectivity index (χ0n) is 16.3. The quantitative estimate of drug-likeness (QED) is 0.737. The first kappa shape index (κ1) is 12.0. The third-order valence-electron chi connectivity index (χ3n) is 3.94. The van der Waals surface area contributed by atoms with Crippen molar-refractivity contribution in [3.8, 4) is 5.69 Å². The summed E-state index contributed by atoms with van der Waals surface area (Å²) in [4.78, 5) is 18.6. The fraction of sp³-hybridized carbons (Fsp3) is 0.188. The average molecular weight is 339 g/mol. The highest BCUT2D eigenvalue weighted by atomic mass is 16.1. The first-order valence-corrected chi connectivity index (χ1v) is 7.48. The number of amides is 1. The van der Waals surface area contributed by atoms with Crippen LogP contribution in [-0.4, -0.2) is 44.9 Å². The zero-order chi connectivity index (χ0) is 19.9. The number of nitrogens with zero attached hydrogens (tertiary/aromatic N) is 6. The molecule has 3 aromatic rings. The fourth-order valence-electron chi connectivity index (χ4n) is 2.87. The van der Waals surface area contributed by atoms with E-state index in [1.807, 2.05) is 35.5 Å². The molecule has 0 spiro atoms. The lowest BCUT2D eigenvalue weighted by atomic mass is 10.1. The van der Waals surface area contributed by atoms with Crippen LogP contribution in [0.2, 0.25) is 0 Å². The van der Waals surface area contributed by atoms with Crippen molar-refractivity contribution in [2.24, 2.45) is 0 Å². The van der Waals surface area contributed by atoms with Gasteiger partial charge in [0.1, 0.15) is 6.33 Å². The van der Waals surface area contributed by atoms with Gasteiger partial charge >= 0.3 is 0 Å². The van der Waals surface area contributed by atoms with E-state index in [9.17, 15) is 4.79 Å². The summed E-state index contributed by atoms with van der Waals surface area (Å²) in [5.74, 6) is -0.0252. The highest BCUT2D eigenvalue weighted by Gasteiger charge is 2.24. The van der Waals surface area contributed by atoms with Crippen LogP contribution in [0, 0.1) is 0 Å². The van der Waals surface area contributed by atoms with Gasteiger partial charge in [0.25, 0.3) is 5.91 Å². The number of anilines is 3. The predicted molar refractivity (Wildman–Crippen MR) is 92.2 cm³/mol. The number of fused-ring (bicyclic) bond motifs is 3. The monoisotopic (exact) mass is 339 g/mol. The van der Waals surface area contributed by atoms with Gasteiger partial charge in [0, 0.05) is 18.1 Å². The van der Waals surface area contributed by atoms with Gasteiger partial charge in [-0.25, -0.2) is 9.67 Å². The highest BCUT2D eigenvalue weighted by molar-refractivity contribution is 5.98. The summed E-state index contributed by atoms with van der Waals surface area (Å²) < 4.78 is 23.4. The molecule has 0 saturated heterocycles. The minimum atomic E-state index is -2.62. The number of benzene rings is 1. The van der Waals surface area contributed by atoms with Gasteiger partial charge in [-0.2, -0.15) is 10.2 Å². The third kappa shape index (κ3) is 2.45. The Morgan fingerprint density at radius 2 is 2.24 bits per heavy atom. The van der Waals surface area contributed by atoms with E-state index in [1.165, 1.54) is 12.5 Å². The summed E-state index contributed by atoms with van der Waals surface area (Å²) in [6.07, 6.45) is 2.92. The van der Waals surface area contributed by atoms with Gasteiger partial charge in [-0.3, -0.25) is 4.79 Å². The lowest BCUT2D eigenvalue weighted by Gasteiger charge is -2.29. The molecule has 0 fully saturated rings. The first-order valence-electron chi connectivity index (χ1n) is 8.98. The molecule has 2 N–H and O–H groups in total. The average Bonchev–Trinajstić information content (AvgIpc) is 3.09. The summed E-state index contributed by atoms with van der Waals surface area (Å²) in [6.45, 7) is -2.06. The van der Waals surface area contributed by atoms with E-state index >= 15 is 0 Å². The molecule has 0 radical (unpaired) electrons. The van der Waals surface area contributed by atoms with Crippen molar-refractivity contribution >= 4 is 23.0 Å². The predicted octanol–water partition coefficient (Wildman–Crippen LogP) is 1.11. The molecule has 25 heavy (non-hydrogen) atoms. The van der Waals surface area contributed by atoms with Crippen molar-refractivity contribution in [1.29, 1.82) is 0 Å². The molecule has 1 aromatic carbocycles. The molecule has 9 nitrogen and oxygen atoms in total. The van der Waals surface area contributed by atoms with Crippen LogP contribution >= 0.6 is 0 Å². The van der Waals surface area contributed by atoms with Crippen molar-refractivity contribution in [2.75, 3.05) is 24.2 Å². The standard InChI is InChI=1S/C16H16N8O/c1-17-16(25)14-10(6-7-19-22-14)21-11-4-3-5-12-15(11)23(2)8-13-18-9-20-24(12)13/h3-7,9H,8H2,1-2H3,(H,17,25)(H,19,21)/i1D3. The molecule has 1 aliphatic rings. The molecule has 3 heterocycles. The van der Waals surface area contributed by atoms with Crippen molar-refractivity contribution in [2.45, 2.75) is 6.54 Å². The summed E-state index contributed by atoms with van der Waals surface area (Å²) >= 11 is 0. The normalized spacial score (nSPS) is 14.6. The molecule has 2 aromatic heterocycles. The maximum Gasteiger partial charge on any atom is 0.273 e. The van der Waals surface area contributed by atoms with Crippen LogP contribution in [0.4, 0.5) is 17.1 Å². The Hall–Kier alpha value is -3.49. The SMILES string of the molecule is [2H]C([2H])([2H])NC(=O)c1nnccc1Nc1cccc2c1N(C)Cc1ncnn1-2. The molecule has 0 aliphatic carbocycles. The summed E-state index contributed by atoms with van der Waals surface area (Å²) in [5.41, 5.74) is 2.62. The van der Waals surface area contributed by atoms with Gasteiger partial charge in [-0.05, 0) is 18.2 Å². The molecule has 0 atom stereocenters. The third-order valence-corrected chi connectivity index (χ3v) is 3.94. The number of aromatic nitrogens is 5. The van der Waals surface area contributed by atoms with E-state index in [2.05, 4.69) is 25.6 Å². The van der Waals surface area contributed by atoms with Gasteiger partial charge in [-0.1, -0.05) is 6.07 Å². The fourth-order valence-corrected chi connectivity index (χ4v) is 2.87. The van der Waals surface area contributed by atoms with Crippen LogP contribution in [-0.2, 0) is 6.54 Å². The van der Waals surface area contributed by atoms with Crippen molar-refractivity contribution < 1.29 is 8.91 Å². The molecule has 1 aliphatic heterocycles. The van der Waals surface area contributed by atoms with Gasteiger partial charge < -0.3 is 15.5 Å². The molecule has 126 valence electrons. The second-order valence-corrected chi connectivity index (χ2v) is 5.49.